The van der Waals surface area contributed by atoms with Crippen molar-refractivity contribution in [3.8, 4) is 0 Å². The maximum Gasteiger partial charge on any atom is 0.277 e. The summed E-state index contributed by atoms with van der Waals surface area (Å²) in [5.74, 6) is -2.75. The molecule has 0 bridgehead atoms. The third kappa shape index (κ3) is 2.04. The lowest BCUT2D eigenvalue weighted by molar-refractivity contribution is -0.122. The summed E-state index contributed by atoms with van der Waals surface area (Å²) in [7, 11) is 0. The molecular weight excluding hydrogens is 331 g/mol. The number of carbonyl (C=O) groups excluding carboxylic acids is 4. The minimum Gasteiger partial charge on any atom is -0.269 e. The molecule has 0 atom stereocenters. The summed E-state index contributed by atoms with van der Waals surface area (Å²) in [5.41, 5.74) is 0.150. The molecule has 0 unspecified atom stereocenters. The Bertz CT molecular complexity index is 746. The summed E-state index contributed by atoms with van der Waals surface area (Å²) in [5, 5.41) is -0.481. The smallest absolute Gasteiger partial charge is 0.269 e. The van der Waals surface area contributed by atoms with Crippen molar-refractivity contribution in [2.45, 2.75) is 0 Å². The lowest BCUT2D eigenvalue weighted by Crippen LogP contribution is -2.35. The molecule has 1 aromatic rings. The van der Waals surface area contributed by atoms with Gasteiger partial charge in [0.25, 0.3) is 23.6 Å². The van der Waals surface area contributed by atoms with E-state index in [1.165, 1.54) is 12.1 Å². The van der Waals surface area contributed by atoms with Gasteiger partial charge in [-0.2, -0.15) is 0 Å². The Morgan fingerprint density at radius 2 is 1.05 bits per heavy atom. The zero-order chi connectivity index (χ0) is 16.0. The Kier molecular flexibility index (Phi) is 3.35. The van der Waals surface area contributed by atoms with Crippen molar-refractivity contribution in [3.05, 3.63) is 46.5 Å². The second-order valence-electron chi connectivity index (χ2n) is 4.43. The molecule has 0 fully saturated rings. The molecule has 0 aromatic heterocycles. The van der Waals surface area contributed by atoms with Crippen molar-refractivity contribution in [2.24, 2.45) is 0 Å². The van der Waals surface area contributed by atoms with Crippen LogP contribution in [0.3, 0.4) is 0 Å². The van der Waals surface area contributed by atoms with Crippen LogP contribution in [-0.4, -0.2) is 23.6 Å². The molecule has 2 aliphatic rings. The van der Waals surface area contributed by atoms with Crippen LogP contribution in [0.4, 0.5) is 11.4 Å². The highest BCUT2D eigenvalue weighted by Crippen LogP contribution is 2.36. The van der Waals surface area contributed by atoms with Crippen molar-refractivity contribution in [1.29, 1.82) is 0 Å². The van der Waals surface area contributed by atoms with E-state index in [1.54, 1.807) is 12.1 Å². The number of nitrogens with zero attached hydrogens (tertiary/aromatic N) is 2. The van der Waals surface area contributed by atoms with E-state index in [0.717, 1.165) is 22.0 Å². The number of carbonyl (C=O) groups is 4. The lowest BCUT2D eigenvalue weighted by atomic mass is 10.2. The summed E-state index contributed by atoms with van der Waals surface area (Å²) < 4.78 is 0. The Morgan fingerprint density at radius 3 is 1.32 bits per heavy atom. The Hall–Kier alpha value is -2.44. The molecule has 1 aromatic carbocycles. The molecule has 3 rings (SSSR count). The Labute approximate surface area is 134 Å². The molecular formula is C14H6Cl2N2O4. The van der Waals surface area contributed by atoms with Gasteiger partial charge in [0.15, 0.2) is 0 Å². The molecule has 0 aliphatic carbocycles. The lowest BCUT2D eigenvalue weighted by Gasteiger charge is -2.22. The average molecular weight is 337 g/mol. The number of anilines is 2. The number of hydrogen-bond acceptors (Lipinski definition) is 4. The highest BCUT2D eigenvalue weighted by atomic mass is 35.5. The summed E-state index contributed by atoms with van der Waals surface area (Å²) in [4.78, 5) is 49.4. The van der Waals surface area contributed by atoms with Crippen LogP contribution in [0.15, 0.2) is 46.5 Å². The second-order valence-corrected chi connectivity index (χ2v) is 5.25. The first-order valence-electron chi connectivity index (χ1n) is 6.02. The topological polar surface area (TPSA) is 74.8 Å². The summed E-state index contributed by atoms with van der Waals surface area (Å²) in [6.45, 7) is 0. The van der Waals surface area contributed by atoms with Crippen LogP contribution in [0.25, 0.3) is 0 Å². The molecule has 0 spiro atoms. The van der Waals surface area contributed by atoms with Crippen LogP contribution < -0.4 is 9.80 Å². The van der Waals surface area contributed by atoms with Gasteiger partial charge < -0.3 is 0 Å². The van der Waals surface area contributed by atoms with E-state index in [0.29, 0.717) is 0 Å². The monoisotopic (exact) mass is 336 g/mol. The van der Waals surface area contributed by atoms with Gasteiger partial charge in [-0.25, -0.2) is 9.80 Å². The molecule has 4 amide bonds. The number of hydrogen-bond donors (Lipinski definition) is 0. The van der Waals surface area contributed by atoms with Gasteiger partial charge in [0.1, 0.15) is 10.1 Å². The van der Waals surface area contributed by atoms with Crippen molar-refractivity contribution in [3.63, 3.8) is 0 Å². The molecule has 0 saturated carbocycles. The van der Waals surface area contributed by atoms with E-state index in [-0.39, 0.29) is 21.4 Å². The summed E-state index contributed by atoms with van der Waals surface area (Å²) in [6, 6.07) is 5.99. The van der Waals surface area contributed by atoms with Gasteiger partial charge >= 0.3 is 0 Å². The first-order valence-corrected chi connectivity index (χ1v) is 6.77. The number of para-hydroxylation sites is 2. The van der Waals surface area contributed by atoms with Gasteiger partial charge in [0.05, 0.1) is 11.4 Å². The summed E-state index contributed by atoms with van der Waals surface area (Å²) in [6.07, 6.45) is 1.94. The zero-order valence-electron chi connectivity index (χ0n) is 10.7. The quantitative estimate of drug-likeness (QED) is 0.770. The molecule has 0 N–H and O–H groups in total. The predicted molar refractivity (Wildman–Crippen MR) is 79.3 cm³/mol. The third-order valence-electron chi connectivity index (χ3n) is 3.12. The minimum absolute atomic E-state index is 0.0749. The van der Waals surface area contributed by atoms with Crippen molar-refractivity contribution < 1.29 is 19.2 Å². The van der Waals surface area contributed by atoms with Gasteiger partial charge in [0.2, 0.25) is 0 Å². The highest BCUT2D eigenvalue weighted by Gasteiger charge is 2.38. The van der Waals surface area contributed by atoms with E-state index in [4.69, 9.17) is 23.2 Å². The second kappa shape index (κ2) is 5.08. The molecule has 0 saturated heterocycles. The third-order valence-corrected chi connectivity index (χ3v) is 3.66. The largest absolute Gasteiger partial charge is 0.277 e. The van der Waals surface area contributed by atoms with Gasteiger partial charge in [-0.15, -0.1) is 0 Å². The van der Waals surface area contributed by atoms with Crippen LogP contribution in [0.2, 0.25) is 0 Å². The van der Waals surface area contributed by atoms with Crippen molar-refractivity contribution >= 4 is 58.2 Å². The first-order chi connectivity index (χ1) is 10.4. The molecule has 2 heterocycles. The van der Waals surface area contributed by atoms with E-state index in [9.17, 15) is 19.2 Å². The number of rotatable bonds is 2. The maximum atomic E-state index is 12.0. The van der Waals surface area contributed by atoms with Gasteiger partial charge in [-0.1, -0.05) is 35.3 Å². The fourth-order valence-corrected chi connectivity index (χ4v) is 2.54. The number of imide groups is 2. The van der Waals surface area contributed by atoms with Crippen molar-refractivity contribution in [2.75, 3.05) is 9.80 Å². The molecule has 0 radical (unpaired) electrons. The zero-order valence-corrected chi connectivity index (χ0v) is 12.3. The van der Waals surface area contributed by atoms with Gasteiger partial charge in [-0.05, 0) is 12.1 Å². The first kappa shape index (κ1) is 14.5. The minimum atomic E-state index is -0.725. The van der Waals surface area contributed by atoms with E-state index in [2.05, 4.69) is 0 Å². The van der Waals surface area contributed by atoms with E-state index in [1.807, 2.05) is 0 Å². The fraction of sp³-hybridized carbons (Fsp3) is 0. The Balaban J connectivity index is 2.10. The fourth-order valence-electron chi connectivity index (χ4n) is 2.18. The van der Waals surface area contributed by atoms with Crippen LogP contribution >= 0.6 is 23.2 Å². The SMILES string of the molecule is O=C1C=C(Cl)C(=O)N1c1ccccc1N1C(=O)C=C(Cl)C1=O. The van der Waals surface area contributed by atoms with Gasteiger partial charge in [0, 0.05) is 12.2 Å². The van der Waals surface area contributed by atoms with Crippen LogP contribution in [-0.2, 0) is 19.2 Å². The number of benzene rings is 1. The maximum absolute atomic E-state index is 12.0. The molecule has 110 valence electrons. The van der Waals surface area contributed by atoms with E-state index < -0.39 is 23.6 Å². The molecule has 22 heavy (non-hydrogen) atoms. The molecule has 6 nitrogen and oxygen atoms in total. The predicted octanol–water partition coefficient (Wildman–Crippen LogP) is 1.68. The van der Waals surface area contributed by atoms with Crippen LogP contribution in [0, 0.1) is 0 Å². The molecule has 2 aliphatic heterocycles. The number of amides is 4. The highest BCUT2D eigenvalue weighted by molar-refractivity contribution is 6.53. The van der Waals surface area contributed by atoms with Crippen LogP contribution in [0.1, 0.15) is 0 Å². The average Bonchev–Trinajstić information content (AvgIpc) is 2.87. The standard InChI is InChI=1S/C14H6Cl2N2O4/c15-7-5-11(19)17(13(7)21)9-3-1-2-4-10(9)18-12(20)6-8(16)14(18)22/h1-6H. The van der Waals surface area contributed by atoms with Crippen molar-refractivity contribution in [1.82, 2.24) is 0 Å². The van der Waals surface area contributed by atoms with Gasteiger partial charge in [-0.3, -0.25) is 19.2 Å². The molecule has 8 heteroatoms. The van der Waals surface area contributed by atoms with Crippen LogP contribution in [0.5, 0.6) is 0 Å². The summed E-state index contributed by atoms with van der Waals surface area (Å²) >= 11 is 11.3. The normalized spacial score (nSPS) is 18.3. The number of halogens is 2. The van der Waals surface area contributed by atoms with E-state index >= 15 is 0 Å². The Morgan fingerprint density at radius 1 is 0.682 bits per heavy atom.